The average Bonchev–Trinajstić information content (AvgIpc) is 2.81. The number of hydrogen-bond donors (Lipinski definition) is 0. The molecule has 0 aliphatic carbocycles. The Kier molecular flexibility index (Phi) is 2.93. The molecule has 6 heteroatoms. The zero-order valence-corrected chi connectivity index (χ0v) is 9.18. The summed E-state index contributed by atoms with van der Waals surface area (Å²) < 4.78 is 4.93. The number of nitro benzene ring substituents is 1. The van der Waals surface area contributed by atoms with E-state index in [1.807, 2.05) is 0 Å². The highest BCUT2D eigenvalue weighted by molar-refractivity contribution is 6.34. The topological polar surface area (TPSA) is 73.3 Å². The van der Waals surface area contributed by atoms with Crippen LogP contribution in [0, 0.1) is 10.1 Å². The van der Waals surface area contributed by atoms with Crippen molar-refractivity contribution in [3.05, 3.63) is 63.1 Å². The molecule has 86 valence electrons. The summed E-state index contributed by atoms with van der Waals surface area (Å²) in [5.41, 5.74) is -0.139. The molecule has 0 saturated carbocycles. The van der Waals surface area contributed by atoms with Gasteiger partial charge in [-0.25, -0.2) is 0 Å². The van der Waals surface area contributed by atoms with E-state index in [4.69, 9.17) is 16.0 Å². The molecule has 0 radical (unpaired) electrons. The minimum atomic E-state index is -0.588. The second kappa shape index (κ2) is 4.39. The monoisotopic (exact) mass is 251 g/mol. The summed E-state index contributed by atoms with van der Waals surface area (Å²) in [5.74, 6) is -0.393. The first-order valence-corrected chi connectivity index (χ1v) is 4.99. The van der Waals surface area contributed by atoms with Crippen molar-refractivity contribution < 1.29 is 14.1 Å². The van der Waals surface area contributed by atoms with Gasteiger partial charge in [-0.2, -0.15) is 0 Å². The number of non-ortho nitro benzene ring substituents is 1. The number of nitro groups is 1. The zero-order chi connectivity index (χ0) is 12.4. The molecule has 0 aliphatic rings. The molecule has 0 atom stereocenters. The van der Waals surface area contributed by atoms with Gasteiger partial charge >= 0.3 is 0 Å². The second-order valence-corrected chi connectivity index (χ2v) is 3.63. The Morgan fingerprint density at radius 2 is 2.12 bits per heavy atom. The van der Waals surface area contributed by atoms with E-state index in [1.54, 1.807) is 6.07 Å². The minimum absolute atomic E-state index is 0.0517. The van der Waals surface area contributed by atoms with Crippen molar-refractivity contribution in [2.75, 3.05) is 0 Å². The summed E-state index contributed by atoms with van der Waals surface area (Å²) >= 11 is 5.83. The van der Waals surface area contributed by atoms with Gasteiger partial charge in [-0.1, -0.05) is 11.6 Å². The van der Waals surface area contributed by atoms with Gasteiger partial charge in [-0.3, -0.25) is 14.9 Å². The van der Waals surface area contributed by atoms with Crippen LogP contribution in [-0.4, -0.2) is 10.7 Å². The molecule has 5 nitrogen and oxygen atoms in total. The first kappa shape index (κ1) is 11.3. The molecule has 1 aromatic heterocycles. The maximum Gasteiger partial charge on any atom is 0.270 e. The highest BCUT2D eigenvalue weighted by atomic mass is 35.5. The molecule has 0 spiro atoms. The molecule has 2 aromatic rings. The second-order valence-electron chi connectivity index (χ2n) is 3.23. The highest BCUT2D eigenvalue weighted by Gasteiger charge is 2.18. The molecular weight excluding hydrogens is 246 g/mol. The van der Waals surface area contributed by atoms with Crippen molar-refractivity contribution in [1.29, 1.82) is 0 Å². The molecule has 0 N–H and O–H groups in total. The Balaban J connectivity index is 2.48. The van der Waals surface area contributed by atoms with Crippen molar-refractivity contribution in [2.45, 2.75) is 0 Å². The van der Waals surface area contributed by atoms with Gasteiger partial charge in [-0.05, 0) is 18.2 Å². The average molecular weight is 252 g/mol. The summed E-state index contributed by atoms with van der Waals surface area (Å²) in [4.78, 5) is 21.9. The predicted octanol–water partition coefficient (Wildman–Crippen LogP) is 3.07. The lowest BCUT2D eigenvalue weighted by Crippen LogP contribution is -2.01. The normalized spacial score (nSPS) is 10.2. The number of nitrogens with zero attached hydrogens (tertiary/aromatic N) is 1. The van der Waals surface area contributed by atoms with E-state index >= 15 is 0 Å². The Morgan fingerprint density at radius 1 is 1.35 bits per heavy atom. The number of carbonyl (C=O) groups excluding carboxylic acids is 1. The fraction of sp³-hybridized carbons (Fsp3) is 0. The van der Waals surface area contributed by atoms with Gasteiger partial charge in [0.25, 0.3) is 5.69 Å². The Morgan fingerprint density at radius 3 is 2.71 bits per heavy atom. The molecule has 0 bridgehead atoms. The third-order valence-corrected chi connectivity index (χ3v) is 2.48. The first-order valence-electron chi connectivity index (χ1n) is 4.62. The number of carbonyl (C=O) groups is 1. The zero-order valence-electron chi connectivity index (χ0n) is 8.42. The third-order valence-electron chi connectivity index (χ3n) is 2.15. The highest BCUT2D eigenvalue weighted by Crippen LogP contribution is 2.24. The maximum atomic E-state index is 11.9. The van der Waals surface area contributed by atoms with Gasteiger partial charge in [0.1, 0.15) is 0 Å². The number of hydrogen-bond acceptors (Lipinski definition) is 4. The number of halogens is 1. The third kappa shape index (κ3) is 2.19. The van der Waals surface area contributed by atoms with Gasteiger partial charge in [0.05, 0.1) is 21.8 Å². The van der Waals surface area contributed by atoms with E-state index in [2.05, 4.69) is 0 Å². The standard InChI is InChI=1S/C11H6ClNO4/c12-9-4-3-7(13(15)16)6-8(9)11(14)10-2-1-5-17-10/h1-6H. The van der Waals surface area contributed by atoms with Crippen LogP contribution < -0.4 is 0 Å². The number of benzene rings is 1. The predicted molar refractivity (Wildman–Crippen MR) is 60.2 cm³/mol. The smallest absolute Gasteiger partial charge is 0.270 e. The lowest BCUT2D eigenvalue weighted by Gasteiger charge is -2.00. The van der Waals surface area contributed by atoms with Gasteiger partial charge in [-0.15, -0.1) is 0 Å². The van der Waals surface area contributed by atoms with Crippen LogP contribution in [0.2, 0.25) is 5.02 Å². The largest absolute Gasteiger partial charge is 0.461 e. The van der Waals surface area contributed by atoms with Crippen LogP contribution in [0.1, 0.15) is 16.1 Å². The molecule has 0 saturated heterocycles. The summed E-state index contributed by atoms with van der Waals surface area (Å²) in [6.07, 6.45) is 1.35. The van der Waals surface area contributed by atoms with Crippen molar-refractivity contribution in [1.82, 2.24) is 0 Å². The SMILES string of the molecule is O=C(c1ccco1)c1cc([N+](=O)[O-])ccc1Cl. The van der Waals surface area contributed by atoms with Gasteiger partial charge in [0.2, 0.25) is 5.78 Å². The van der Waals surface area contributed by atoms with Crippen molar-refractivity contribution in [2.24, 2.45) is 0 Å². The molecule has 2 rings (SSSR count). The minimum Gasteiger partial charge on any atom is -0.461 e. The molecular formula is C11H6ClNO4. The van der Waals surface area contributed by atoms with E-state index in [0.29, 0.717) is 0 Å². The Hall–Kier alpha value is -2.14. The van der Waals surface area contributed by atoms with Gasteiger partial charge in [0, 0.05) is 12.1 Å². The van der Waals surface area contributed by atoms with Crippen LogP contribution in [0.5, 0.6) is 0 Å². The van der Waals surface area contributed by atoms with E-state index in [1.165, 1.54) is 24.5 Å². The molecule has 0 fully saturated rings. The van der Waals surface area contributed by atoms with Crippen molar-refractivity contribution in [3.63, 3.8) is 0 Å². The number of rotatable bonds is 3. The number of furan rings is 1. The summed E-state index contributed by atoms with van der Waals surface area (Å²) in [5, 5.41) is 10.8. The number of ketones is 1. The molecule has 1 heterocycles. The van der Waals surface area contributed by atoms with E-state index in [9.17, 15) is 14.9 Å². The Bertz CT molecular complexity index is 577. The van der Waals surface area contributed by atoms with E-state index < -0.39 is 10.7 Å². The van der Waals surface area contributed by atoms with Gasteiger partial charge < -0.3 is 4.42 Å². The fourth-order valence-corrected chi connectivity index (χ4v) is 1.54. The van der Waals surface area contributed by atoms with E-state index in [0.717, 1.165) is 6.07 Å². The van der Waals surface area contributed by atoms with Crippen molar-refractivity contribution in [3.8, 4) is 0 Å². The van der Waals surface area contributed by atoms with Crippen LogP contribution in [-0.2, 0) is 0 Å². The van der Waals surface area contributed by atoms with Crippen molar-refractivity contribution >= 4 is 23.1 Å². The molecule has 0 amide bonds. The lowest BCUT2D eigenvalue weighted by atomic mass is 10.1. The van der Waals surface area contributed by atoms with Crippen LogP contribution in [0.4, 0.5) is 5.69 Å². The lowest BCUT2D eigenvalue weighted by molar-refractivity contribution is -0.384. The molecule has 17 heavy (non-hydrogen) atoms. The van der Waals surface area contributed by atoms with Gasteiger partial charge in [0.15, 0.2) is 5.76 Å². The van der Waals surface area contributed by atoms with Crippen LogP contribution >= 0.6 is 11.6 Å². The first-order chi connectivity index (χ1) is 8.09. The van der Waals surface area contributed by atoms with Crippen LogP contribution in [0.3, 0.4) is 0 Å². The maximum absolute atomic E-state index is 11.9. The molecule has 1 aromatic carbocycles. The Labute approximate surface area is 101 Å². The quantitative estimate of drug-likeness (QED) is 0.477. The summed E-state index contributed by atoms with van der Waals surface area (Å²) in [7, 11) is 0. The molecule has 0 aliphatic heterocycles. The van der Waals surface area contributed by atoms with Crippen LogP contribution in [0.15, 0.2) is 41.0 Å². The van der Waals surface area contributed by atoms with E-state index in [-0.39, 0.29) is 22.0 Å². The summed E-state index contributed by atoms with van der Waals surface area (Å²) in [6, 6.07) is 6.71. The molecule has 0 unspecified atom stereocenters. The summed E-state index contributed by atoms with van der Waals surface area (Å²) in [6.45, 7) is 0. The van der Waals surface area contributed by atoms with Crippen LogP contribution in [0.25, 0.3) is 0 Å². The fourth-order valence-electron chi connectivity index (χ4n) is 1.34.